The molecule has 2 aliphatic heterocycles. The van der Waals surface area contributed by atoms with Gasteiger partial charge in [0.1, 0.15) is 17.8 Å². The van der Waals surface area contributed by atoms with Gasteiger partial charge < -0.3 is 15.4 Å². The van der Waals surface area contributed by atoms with Gasteiger partial charge >= 0.3 is 0 Å². The standard InChI is InChI=1S/C26H37N7O4S/c1-16(2)15-37-25-18(4)14-33(30-25)21-11-10-19(23(29-21)32-13-17(3)12-26(32,5)6)24(34)31-38(35,36)22-9-7-8-20(27)28-22/h7-10,14,16-17,21H,11-13,15H2,1-6H3,(H2,27,28)(H,31,34)/t17-,21?/m0/s1. The minimum atomic E-state index is -4.24. The van der Waals surface area contributed by atoms with E-state index in [0.29, 0.717) is 43.1 Å². The molecule has 3 N–H and O–H groups in total. The molecule has 4 rings (SSSR count). The molecular formula is C26H37N7O4S. The lowest BCUT2D eigenvalue weighted by atomic mass is 9.96. The molecule has 0 aliphatic carbocycles. The topological polar surface area (TPSA) is 145 Å². The van der Waals surface area contributed by atoms with Crippen LogP contribution in [0.3, 0.4) is 0 Å². The molecule has 38 heavy (non-hydrogen) atoms. The van der Waals surface area contributed by atoms with Crippen molar-refractivity contribution in [2.24, 2.45) is 16.8 Å². The number of carbonyl (C=O) groups excluding carboxylic acids is 1. The lowest BCUT2D eigenvalue weighted by molar-refractivity contribution is -0.115. The molecule has 2 aromatic rings. The number of dihydropyridines is 1. The Bertz CT molecular complexity index is 1380. The Morgan fingerprint density at radius 3 is 2.68 bits per heavy atom. The number of nitrogens with two attached hydrogens (primary N) is 1. The van der Waals surface area contributed by atoms with Crippen LogP contribution in [-0.4, -0.2) is 58.5 Å². The van der Waals surface area contributed by atoms with Crippen LogP contribution in [0.15, 0.2) is 46.1 Å². The third-order valence-electron chi connectivity index (χ3n) is 6.59. The predicted octanol–water partition coefficient (Wildman–Crippen LogP) is 3.06. The zero-order valence-corrected chi connectivity index (χ0v) is 23.6. The molecule has 2 atom stereocenters. The Hall–Kier alpha value is -3.41. The number of aliphatic imine (C=N–C) groups is 1. The predicted molar refractivity (Wildman–Crippen MR) is 145 cm³/mol. The van der Waals surface area contributed by atoms with Crippen molar-refractivity contribution < 1.29 is 17.9 Å². The number of sulfonamides is 1. The molecule has 1 unspecified atom stereocenters. The van der Waals surface area contributed by atoms with E-state index in [2.05, 4.69) is 54.3 Å². The summed E-state index contributed by atoms with van der Waals surface area (Å²) >= 11 is 0. The highest BCUT2D eigenvalue weighted by atomic mass is 32.2. The highest BCUT2D eigenvalue weighted by Gasteiger charge is 2.42. The largest absolute Gasteiger partial charge is 0.476 e. The van der Waals surface area contributed by atoms with Gasteiger partial charge in [-0.25, -0.2) is 19.4 Å². The summed E-state index contributed by atoms with van der Waals surface area (Å²) in [6.07, 6.45) is 4.47. The molecule has 0 saturated carbocycles. The normalized spacial score (nSPS) is 21.3. The summed E-state index contributed by atoms with van der Waals surface area (Å²) in [5.41, 5.74) is 6.47. The van der Waals surface area contributed by atoms with Gasteiger partial charge in [-0.2, -0.15) is 8.42 Å². The Morgan fingerprint density at radius 2 is 2.05 bits per heavy atom. The molecule has 0 spiro atoms. The molecule has 1 saturated heterocycles. The van der Waals surface area contributed by atoms with Gasteiger partial charge in [0.2, 0.25) is 5.88 Å². The zero-order chi connectivity index (χ0) is 27.8. The fraction of sp³-hybridized carbons (Fsp3) is 0.538. The van der Waals surface area contributed by atoms with Crippen LogP contribution >= 0.6 is 0 Å². The number of hydrogen-bond acceptors (Lipinski definition) is 9. The van der Waals surface area contributed by atoms with Gasteiger partial charge in [-0.3, -0.25) is 4.79 Å². The molecule has 12 heteroatoms. The molecule has 2 aliphatic rings. The Kier molecular flexibility index (Phi) is 7.55. The first-order valence-corrected chi connectivity index (χ1v) is 14.3. The fourth-order valence-electron chi connectivity index (χ4n) is 4.93. The van der Waals surface area contributed by atoms with Crippen LogP contribution in [-0.2, 0) is 14.8 Å². The third-order valence-corrected chi connectivity index (χ3v) is 7.83. The highest BCUT2D eigenvalue weighted by Crippen LogP contribution is 2.36. The molecule has 4 heterocycles. The summed E-state index contributed by atoms with van der Waals surface area (Å²) in [5, 5.41) is 4.29. The second-order valence-electron chi connectivity index (χ2n) is 11.2. The van der Waals surface area contributed by atoms with E-state index in [9.17, 15) is 13.2 Å². The van der Waals surface area contributed by atoms with Crippen molar-refractivity contribution in [3.63, 3.8) is 0 Å². The van der Waals surface area contributed by atoms with Gasteiger partial charge in [0, 0.05) is 30.3 Å². The van der Waals surface area contributed by atoms with Crippen molar-refractivity contribution >= 4 is 27.6 Å². The van der Waals surface area contributed by atoms with Gasteiger partial charge in [0.25, 0.3) is 15.9 Å². The number of ether oxygens (including phenoxy) is 1. The van der Waals surface area contributed by atoms with Crippen LogP contribution in [0.5, 0.6) is 5.88 Å². The highest BCUT2D eigenvalue weighted by molar-refractivity contribution is 7.90. The Balaban J connectivity index is 1.66. The average Bonchev–Trinajstić information content (AvgIpc) is 3.33. The van der Waals surface area contributed by atoms with E-state index in [4.69, 9.17) is 15.5 Å². The lowest BCUT2D eigenvalue weighted by Crippen LogP contribution is -2.47. The second-order valence-corrected chi connectivity index (χ2v) is 12.8. The molecule has 0 aromatic carbocycles. The number of amidine groups is 1. The number of hydrogen-bond donors (Lipinski definition) is 2. The summed E-state index contributed by atoms with van der Waals surface area (Å²) in [4.78, 5) is 24.3. The lowest BCUT2D eigenvalue weighted by Gasteiger charge is -2.37. The van der Waals surface area contributed by atoms with E-state index in [-0.39, 0.29) is 22.0 Å². The summed E-state index contributed by atoms with van der Waals surface area (Å²) in [6.45, 7) is 13.7. The molecule has 1 fully saturated rings. The third kappa shape index (κ3) is 5.85. The first-order valence-electron chi connectivity index (χ1n) is 12.8. The summed E-state index contributed by atoms with van der Waals surface area (Å²) in [6, 6.07) is 4.23. The number of amides is 1. The molecule has 2 aromatic heterocycles. The number of likely N-dealkylation sites (tertiary alicyclic amines) is 1. The summed E-state index contributed by atoms with van der Waals surface area (Å²) in [7, 11) is -4.24. The van der Waals surface area contributed by atoms with Crippen LogP contribution in [0.4, 0.5) is 5.82 Å². The molecule has 0 bridgehead atoms. The second kappa shape index (κ2) is 10.4. The maximum Gasteiger partial charge on any atom is 0.281 e. The van der Waals surface area contributed by atoms with Crippen LogP contribution in [0.2, 0.25) is 0 Å². The molecule has 1 amide bonds. The number of nitrogens with one attached hydrogen (secondary N) is 1. The average molecular weight is 544 g/mol. The van der Waals surface area contributed by atoms with Crippen LogP contribution in [0.1, 0.15) is 59.2 Å². The van der Waals surface area contributed by atoms with E-state index < -0.39 is 22.1 Å². The van der Waals surface area contributed by atoms with Crippen molar-refractivity contribution in [1.82, 2.24) is 24.4 Å². The van der Waals surface area contributed by atoms with Crippen molar-refractivity contribution in [2.75, 3.05) is 18.9 Å². The zero-order valence-electron chi connectivity index (χ0n) is 22.8. The van der Waals surface area contributed by atoms with Crippen molar-refractivity contribution in [3.05, 3.63) is 41.6 Å². The Morgan fingerprint density at radius 1 is 1.32 bits per heavy atom. The smallest absolute Gasteiger partial charge is 0.281 e. The van der Waals surface area contributed by atoms with Crippen molar-refractivity contribution in [3.8, 4) is 5.88 Å². The minimum absolute atomic E-state index is 0.0429. The number of nitrogens with zero attached hydrogens (tertiary/aromatic N) is 5. The van der Waals surface area contributed by atoms with E-state index in [1.165, 1.54) is 18.2 Å². The fourth-order valence-corrected chi connectivity index (χ4v) is 5.87. The van der Waals surface area contributed by atoms with E-state index >= 15 is 0 Å². The molecule has 0 radical (unpaired) electrons. The SMILES string of the molecule is Cc1cn(C2CC=C(C(=O)NS(=O)(=O)c3cccc(N)n3)C(N3C[C@@H](C)CC3(C)C)=N2)nc1OCC(C)C. The number of anilines is 1. The van der Waals surface area contributed by atoms with Gasteiger partial charge in [-0.1, -0.05) is 32.9 Å². The first kappa shape index (κ1) is 27.6. The summed E-state index contributed by atoms with van der Waals surface area (Å²) < 4.78 is 35.6. The van der Waals surface area contributed by atoms with E-state index in [0.717, 1.165) is 12.0 Å². The van der Waals surface area contributed by atoms with E-state index in [1.54, 1.807) is 10.8 Å². The number of pyridine rings is 1. The van der Waals surface area contributed by atoms with Crippen LogP contribution < -0.4 is 15.2 Å². The molecular weight excluding hydrogens is 506 g/mol. The first-order chi connectivity index (χ1) is 17.8. The van der Waals surface area contributed by atoms with E-state index in [1.807, 2.05) is 13.1 Å². The van der Waals surface area contributed by atoms with Crippen LogP contribution in [0.25, 0.3) is 0 Å². The number of carbonyl (C=O) groups is 1. The van der Waals surface area contributed by atoms with Gasteiger partial charge in [0.15, 0.2) is 5.03 Å². The number of aryl methyl sites for hydroxylation is 1. The van der Waals surface area contributed by atoms with Gasteiger partial charge in [-0.05, 0) is 51.2 Å². The molecule has 11 nitrogen and oxygen atoms in total. The maximum absolute atomic E-state index is 13.4. The maximum atomic E-state index is 13.4. The van der Waals surface area contributed by atoms with Gasteiger partial charge in [-0.15, -0.1) is 5.10 Å². The molecule has 206 valence electrons. The van der Waals surface area contributed by atoms with Crippen molar-refractivity contribution in [2.45, 2.75) is 71.1 Å². The van der Waals surface area contributed by atoms with Crippen LogP contribution in [0, 0.1) is 18.8 Å². The van der Waals surface area contributed by atoms with Crippen molar-refractivity contribution in [1.29, 1.82) is 0 Å². The number of rotatable bonds is 7. The van der Waals surface area contributed by atoms with Gasteiger partial charge in [0.05, 0.1) is 12.2 Å². The monoisotopic (exact) mass is 543 g/mol. The number of aromatic nitrogens is 3. The Labute approximate surface area is 224 Å². The number of nitrogen functional groups attached to an aromatic ring is 1. The quantitative estimate of drug-likeness (QED) is 0.542. The minimum Gasteiger partial charge on any atom is -0.476 e. The summed E-state index contributed by atoms with van der Waals surface area (Å²) in [5.74, 6) is 1.02.